The molecule has 3 heterocycles. The van der Waals surface area contributed by atoms with Crippen LogP contribution in [0.2, 0.25) is 0 Å². The van der Waals surface area contributed by atoms with Crippen molar-refractivity contribution in [1.29, 1.82) is 0 Å². The molecule has 34 heavy (non-hydrogen) atoms. The van der Waals surface area contributed by atoms with Crippen molar-refractivity contribution in [2.45, 2.75) is 52.8 Å². The number of ether oxygens (including phenoxy) is 1. The highest BCUT2D eigenvalue weighted by molar-refractivity contribution is 6.05. The number of nitrogens with one attached hydrogen (secondary N) is 1. The Morgan fingerprint density at radius 2 is 1.65 bits per heavy atom. The Kier molecular flexibility index (Phi) is 6.45. The number of carbonyl (C=O) groups excluding carboxylic acids is 2. The van der Waals surface area contributed by atoms with Gasteiger partial charge in [-0.3, -0.25) is 4.79 Å². The van der Waals surface area contributed by atoms with E-state index in [4.69, 9.17) is 9.72 Å². The van der Waals surface area contributed by atoms with E-state index in [9.17, 15) is 9.59 Å². The third-order valence-electron chi connectivity index (χ3n) is 5.41. The third-order valence-corrected chi connectivity index (χ3v) is 5.41. The Morgan fingerprint density at radius 3 is 2.32 bits per heavy atom. The van der Waals surface area contributed by atoms with E-state index in [0.717, 1.165) is 5.56 Å². The van der Waals surface area contributed by atoms with Crippen LogP contribution in [0.15, 0.2) is 54.9 Å². The zero-order chi connectivity index (χ0) is 24.4. The van der Waals surface area contributed by atoms with Crippen molar-refractivity contribution in [3.05, 3.63) is 60.4 Å². The van der Waals surface area contributed by atoms with Gasteiger partial charge in [-0.2, -0.15) is 10.2 Å². The van der Waals surface area contributed by atoms with Gasteiger partial charge in [-0.25, -0.2) is 19.1 Å². The first-order valence-corrected chi connectivity index (χ1v) is 11.2. The van der Waals surface area contributed by atoms with Gasteiger partial charge in [0, 0.05) is 23.7 Å². The zero-order valence-corrected chi connectivity index (χ0v) is 19.9. The molecule has 176 valence electrons. The number of fused-ring (bicyclic) bond motifs is 1. The van der Waals surface area contributed by atoms with Gasteiger partial charge in [0.25, 0.3) is 5.91 Å². The molecule has 1 unspecified atom stereocenters. The highest BCUT2D eigenvalue weighted by Gasteiger charge is 2.24. The van der Waals surface area contributed by atoms with Crippen LogP contribution in [0.3, 0.4) is 0 Å². The zero-order valence-electron chi connectivity index (χ0n) is 19.9. The molecule has 1 N–H and O–H groups in total. The van der Waals surface area contributed by atoms with Crippen LogP contribution in [-0.2, 0) is 9.53 Å². The first-order valence-electron chi connectivity index (χ1n) is 11.2. The summed E-state index contributed by atoms with van der Waals surface area (Å²) in [7, 11) is 0. The highest BCUT2D eigenvalue weighted by atomic mass is 16.5. The lowest BCUT2D eigenvalue weighted by Gasteiger charge is -2.16. The minimum Gasteiger partial charge on any atom is -0.449 e. The molecule has 4 rings (SSSR count). The van der Waals surface area contributed by atoms with E-state index in [1.54, 1.807) is 33.9 Å². The SMILES string of the molecule is CC(OC(=O)c1cc(-c2ccccc2)nc2c1cnn2C(C)C)C(=O)Nc1ccnn1C(C)C. The molecule has 0 saturated heterocycles. The molecule has 0 aliphatic carbocycles. The Bertz CT molecular complexity index is 1320. The summed E-state index contributed by atoms with van der Waals surface area (Å²) in [5.74, 6) is -0.520. The molecule has 1 aromatic carbocycles. The van der Waals surface area contributed by atoms with Crippen LogP contribution in [0.1, 0.15) is 57.1 Å². The number of pyridine rings is 1. The molecule has 1 amide bonds. The Morgan fingerprint density at radius 1 is 0.941 bits per heavy atom. The van der Waals surface area contributed by atoms with Gasteiger partial charge in [0.2, 0.25) is 0 Å². The van der Waals surface area contributed by atoms with Crippen molar-refractivity contribution in [3.8, 4) is 11.3 Å². The lowest BCUT2D eigenvalue weighted by atomic mass is 10.1. The normalized spacial score (nSPS) is 12.3. The second kappa shape index (κ2) is 9.46. The molecule has 9 nitrogen and oxygen atoms in total. The summed E-state index contributed by atoms with van der Waals surface area (Å²) in [5, 5.41) is 12.0. The smallest absolute Gasteiger partial charge is 0.339 e. The van der Waals surface area contributed by atoms with Gasteiger partial charge in [-0.15, -0.1) is 0 Å². The molecular weight excluding hydrogens is 432 g/mol. The van der Waals surface area contributed by atoms with Gasteiger partial charge in [-0.05, 0) is 40.7 Å². The van der Waals surface area contributed by atoms with Crippen molar-refractivity contribution in [3.63, 3.8) is 0 Å². The van der Waals surface area contributed by atoms with Gasteiger partial charge in [0.15, 0.2) is 11.8 Å². The van der Waals surface area contributed by atoms with Crippen LogP contribution < -0.4 is 5.32 Å². The Labute approximate surface area is 197 Å². The van der Waals surface area contributed by atoms with Crippen LogP contribution in [-0.4, -0.2) is 42.5 Å². The average molecular weight is 461 g/mol. The van der Waals surface area contributed by atoms with Crippen LogP contribution in [0.5, 0.6) is 0 Å². The number of amides is 1. The number of nitrogens with zero attached hydrogens (tertiary/aromatic N) is 5. The summed E-state index contributed by atoms with van der Waals surface area (Å²) < 4.78 is 9.02. The van der Waals surface area contributed by atoms with Crippen LogP contribution >= 0.6 is 0 Å². The van der Waals surface area contributed by atoms with Crippen LogP contribution in [0, 0.1) is 0 Å². The van der Waals surface area contributed by atoms with Crippen molar-refractivity contribution >= 4 is 28.7 Å². The fraction of sp³-hybridized carbons (Fsp3) is 0.320. The van der Waals surface area contributed by atoms with Crippen molar-refractivity contribution < 1.29 is 14.3 Å². The highest BCUT2D eigenvalue weighted by Crippen LogP contribution is 2.27. The molecule has 3 aromatic heterocycles. The number of rotatable bonds is 7. The summed E-state index contributed by atoms with van der Waals surface area (Å²) in [6.07, 6.45) is 2.20. The first kappa shape index (κ1) is 23.2. The predicted molar refractivity (Wildman–Crippen MR) is 129 cm³/mol. The van der Waals surface area contributed by atoms with Crippen molar-refractivity contribution in [1.82, 2.24) is 24.5 Å². The monoisotopic (exact) mass is 460 g/mol. The molecule has 0 aliphatic heterocycles. The summed E-state index contributed by atoms with van der Waals surface area (Å²) in [6, 6.07) is 13.1. The van der Waals surface area contributed by atoms with E-state index in [0.29, 0.717) is 28.1 Å². The summed E-state index contributed by atoms with van der Waals surface area (Å²) in [6.45, 7) is 9.45. The van der Waals surface area contributed by atoms with E-state index >= 15 is 0 Å². The Hall–Kier alpha value is -4.01. The fourth-order valence-electron chi connectivity index (χ4n) is 3.65. The van der Waals surface area contributed by atoms with Gasteiger partial charge in [-0.1, -0.05) is 30.3 Å². The molecule has 9 heteroatoms. The largest absolute Gasteiger partial charge is 0.449 e. The number of carbonyl (C=O) groups is 2. The van der Waals surface area contributed by atoms with E-state index in [-0.39, 0.29) is 12.1 Å². The maximum atomic E-state index is 13.2. The predicted octanol–water partition coefficient (Wildman–Crippen LogP) is 4.64. The topological polar surface area (TPSA) is 104 Å². The van der Waals surface area contributed by atoms with Crippen LogP contribution in [0.4, 0.5) is 5.82 Å². The van der Waals surface area contributed by atoms with Gasteiger partial charge in [0.05, 0.1) is 29.0 Å². The quantitative estimate of drug-likeness (QED) is 0.403. The van der Waals surface area contributed by atoms with E-state index in [1.165, 1.54) is 6.92 Å². The summed E-state index contributed by atoms with van der Waals surface area (Å²) in [5.41, 5.74) is 2.38. The van der Waals surface area contributed by atoms with Gasteiger partial charge in [0.1, 0.15) is 5.82 Å². The molecule has 4 aromatic rings. The molecule has 0 bridgehead atoms. The molecule has 0 aliphatic rings. The lowest BCUT2D eigenvalue weighted by Crippen LogP contribution is -2.31. The number of hydrogen-bond acceptors (Lipinski definition) is 6. The van der Waals surface area contributed by atoms with E-state index in [1.807, 2.05) is 58.0 Å². The van der Waals surface area contributed by atoms with E-state index < -0.39 is 18.0 Å². The molecular formula is C25H28N6O3. The first-order chi connectivity index (χ1) is 16.3. The number of hydrogen-bond donors (Lipinski definition) is 1. The standard InChI is InChI=1S/C25H28N6O3/c1-15(2)30-22(11-12-26-30)29-24(32)17(5)34-25(33)19-13-21(18-9-7-6-8-10-18)28-23-20(19)14-27-31(23)16(3)4/h6-17H,1-5H3,(H,29,32). The molecule has 0 fully saturated rings. The number of aromatic nitrogens is 5. The van der Waals surface area contributed by atoms with E-state index in [2.05, 4.69) is 15.5 Å². The Balaban J connectivity index is 1.63. The fourth-order valence-corrected chi connectivity index (χ4v) is 3.65. The number of anilines is 1. The minimum atomic E-state index is -1.02. The van der Waals surface area contributed by atoms with Gasteiger partial charge < -0.3 is 10.1 Å². The van der Waals surface area contributed by atoms with Crippen molar-refractivity contribution in [2.24, 2.45) is 0 Å². The number of benzene rings is 1. The molecule has 0 radical (unpaired) electrons. The summed E-state index contributed by atoms with van der Waals surface area (Å²) >= 11 is 0. The second-order valence-electron chi connectivity index (χ2n) is 8.63. The molecule has 1 atom stereocenters. The second-order valence-corrected chi connectivity index (χ2v) is 8.63. The third kappa shape index (κ3) is 4.54. The maximum Gasteiger partial charge on any atom is 0.339 e. The number of esters is 1. The van der Waals surface area contributed by atoms with Gasteiger partial charge >= 0.3 is 5.97 Å². The van der Waals surface area contributed by atoms with Crippen LogP contribution in [0.25, 0.3) is 22.3 Å². The molecule has 0 spiro atoms. The lowest BCUT2D eigenvalue weighted by molar-refractivity contribution is -0.123. The average Bonchev–Trinajstić information content (AvgIpc) is 3.46. The summed E-state index contributed by atoms with van der Waals surface area (Å²) in [4.78, 5) is 30.7. The molecule has 0 saturated carbocycles. The minimum absolute atomic E-state index is 0.0513. The van der Waals surface area contributed by atoms with Crippen molar-refractivity contribution in [2.75, 3.05) is 5.32 Å². The maximum absolute atomic E-state index is 13.2.